The van der Waals surface area contributed by atoms with Crippen LogP contribution in [0.15, 0.2) is 18.2 Å². The summed E-state index contributed by atoms with van der Waals surface area (Å²) in [5, 5.41) is 3.33. The fourth-order valence-corrected chi connectivity index (χ4v) is 2.55. The molecule has 1 heterocycles. The van der Waals surface area contributed by atoms with Gasteiger partial charge >= 0.3 is 5.97 Å². The van der Waals surface area contributed by atoms with Gasteiger partial charge in [0, 0.05) is 11.3 Å². The van der Waals surface area contributed by atoms with Crippen molar-refractivity contribution in [2.45, 2.75) is 31.7 Å². The number of methoxy groups -OCH3 is 2. The summed E-state index contributed by atoms with van der Waals surface area (Å²) in [6, 6.07) is 5.84. The summed E-state index contributed by atoms with van der Waals surface area (Å²) in [7, 11) is 3.10. The van der Waals surface area contributed by atoms with Crippen LogP contribution in [-0.2, 0) is 16.0 Å². The van der Waals surface area contributed by atoms with Gasteiger partial charge in [-0.3, -0.25) is 0 Å². The number of ether oxygens (including phenoxy) is 2. The molecular formula is C14H19NO3. The molecule has 4 nitrogen and oxygen atoms in total. The van der Waals surface area contributed by atoms with E-state index in [0.717, 1.165) is 29.8 Å². The Morgan fingerprint density at radius 3 is 2.83 bits per heavy atom. The standard InChI is InChI=1S/C14H19NO3/c1-4-14(13(16)18-3)9-8-10-11(15-14)6-5-7-12(10)17-2/h5-7,15H,4,8-9H2,1-3H3. The summed E-state index contributed by atoms with van der Waals surface area (Å²) in [5.41, 5.74) is 1.49. The zero-order chi connectivity index (χ0) is 13.2. The normalized spacial score (nSPS) is 21.7. The first-order chi connectivity index (χ1) is 8.66. The van der Waals surface area contributed by atoms with Crippen molar-refractivity contribution in [2.75, 3.05) is 19.5 Å². The van der Waals surface area contributed by atoms with Crippen LogP contribution in [0, 0.1) is 0 Å². The van der Waals surface area contributed by atoms with Crippen molar-refractivity contribution in [2.24, 2.45) is 0 Å². The Hall–Kier alpha value is -1.71. The maximum absolute atomic E-state index is 12.0. The first-order valence-corrected chi connectivity index (χ1v) is 6.19. The predicted molar refractivity (Wildman–Crippen MR) is 70.0 cm³/mol. The second-order valence-corrected chi connectivity index (χ2v) is 4.54. The average molecular weight is 249 g/mol. The van der Waals surface area contributed by atoms with Crippen LogP contribution in [-0.4, -0.2) is 25.7 Å². The Morgan fingerprint density at radius 2 is 2.22 bits per heavy atom. The summed E-state index contributed by atoms with van der Waals surface area (Å²) in [5.74, 6) is 0.674. The second kappa shape index (κ2) is 4.88. The number of carbonyl (C=O) groups is 1. The molecule has 0 aromatic heterocycles. The third-order valence-electron chi connectivity index (χ3n) is 3.71. The van der Waals surface area contributed by atoms with Crippen molar-refractivity contribution in [1.82, 2.24) is 0 Å². The highest BCUT2D eigenvalue weighted by molar-refractivity contribution is 5.86. The van der Waals surface area contributed by atoms with E-state index in [9.17, 15) is 4.79 Å². The molecule has 0 amide bonds. The maximum Gasteiger partial charge on any atom is 0.331 e. The van der Waals surface area contributed by atoms with Crippen LogP contribution in [0.5, 0.6) is 5.75 Å². The second-order valence-electron chi connectivity index (χ2n) is 4.54. The Labute approximate surface area is 107 Å². The van der Waals surface area contributed by atoms with Crippen LogP contribution >= 0.6 is 0 Å². The fraction of sp³-hybridized carbons (Fsp3) is 0.500. The van der Waals surface area contributed by atoms with Crippen molar-refractivity contribution < 1.29 is 14.3 Å². The van der Waals surface area contributed by atoms with Gasteiger partial charge in [-0.25, -0.2) is 4.79 Å². The Morgan fingerprint density at radius 1 is 1.44 bits per heavy atom. The Balaban J connectivity index is 2.37. The zero-order valence-corrected chi connectivity index (χ0v) is 11.1. The topological polar surface area (TPSA) is 47.6 Å². The third-order valence-corrected chi connectivity index (χ3v) is 3.71. The number of carbonyl (C=O) groups excluding carboxylic acids is 1. The molecule has 1 aromatic carbocycles. The molecule has 1 atom stereocenters. The molecule has 0 aliphatic carbocycles. The Kier molecular flexibility index (Phi) is 3.45. The van der Waals surface area contributed by atoms with Gasteiger partial charge in [-0.05, 0) is 31.4 Å². The van der Waals surface area contributed by atoms with E-state index in [2.05, 4.69) is 5.32 Å². The van der Waals surface area contributed by atoms with E-state index >= 15 is 0 Å². The number of rotatable bonds is 3. The minimum Gasteiger partial charge on any atom is -0.496 e. The smallest absolute Gasteiger partial charge is 0.331 e. The molecule has 1 aliphatic rings. The van der Waals surface area contributed by atoms with Crippen molar-refractivity contribution in [3.8, 4) is 5.75 Å². The van der Waals surface area contributed by atoms with Crippen LogP contribution in [0.25, 0.3) is 0 Å². The molecule has 1 unspecified atom stereocenters. The van der Waals surface area contributed by atoms with Crippen molar-refractivity contribution in [3.05, 3.63) is 23.8 Å². The lowest BCUT2D eigenvalue weighted by Gasteiger charge is -2.37. The molecule has 0 spiro atoms. The summed E-state index contributed by atoms with van der Waals surface area (Å²) < 4.78 is 10.3. The summed E-state index contributed by atoms with van der Waals surface area (Å²) in [6.45, 7) is 2.00. The van der Waals surface area contributed by atoms with E-state index in [4.69, 9.17) is 9.47 Å². The molecule has 4 heteroatoms. The number of anilines is 1. The largest absolute Gasteiger partial charge is 0.496 e. The van der Waals surface area contributed by atoms with Gasteiger partial charge in [-0.2, -0.15) is 0 Å². The quantitative estimate of drug-likeness (QED) is 0.835. The average Bonchev–Trinajstić information content (AvgIpc) is 2.44. The van der Waals surface area contributed by atoms with Crippen LogP contribution in [0.3, 0.4) is 0 Å². The lowest BCUT2D eigenvalue weighted by molar-refractivity contribution is -0.146. The highest BCUT2D eigenvalue weighted by atomic mass is 16.5. The molecule has 2 rings (SSSR count). The van der Waals surface area contributed by atoms with Crippen LogP contribution < -0.4 is 10.1 Å². The van der Waals surface area contributed by atoms with E-state index in [1.54, 1.807) is 7.11 Å². The molecule has 1 aliphatic heterocycles. The van der Waals surface area contributed by atoms with E-state index in [0.29, 0.717) is 6.42 Å². The molecular weight excluding hydrogens is 230 g/mol. The van der Waals surface area contributed by atoms with E-state index in [-0.39, 0.29) is 5.97 Å². The molecule has 0 saturated heterocycles. The molecule has 1 N–H and O–H groups in total. The van der Waals surface area contributed by atoms with Gasteiger partial charge in [0.1, 0.15) is 11.3 Å². The lowest BCUT2D eigenvalue weighted by atomic mass is 9.84. The number of hydrogen-bond acceptors (Lipinski definition) is 4. The van der Waals surface area contributed by atoms with Gasteiger partial charge in [0.05, 0.1) is 14.2 Å². The van der Waals surface area contributed by atoms with E-state index in [1.165, 1.54) is 7.11 Å². The summed E-state index contributed by atoms with van der Waals surface area (Å²) in [6.07, 6.45) is 2.25. The molecule has 0 radical (unpaired) electrons. The number of nitrogens with one attached hydrogen (secondary N) is 1. The monoisotopic (exact) mass is 249 g/mol. The number of hydrogen-bond donors (Lipinski definition) is 1. The van der Waals surface area contributed by atoms with Gasteiger partial charge < -0.3 is 14.8 Å². The van der Waals surface area contributed by atoms with Crippen LogP contribution in [0.1, 0.15) is 25.3 Å². The van der Waals surface area contributed by atoms with Gasteiger partial charge in [0.25, 0.3) is 0 Å². The molecule has 0 bridgehead atoms. The molecule has 98 valence electrons. The maximum atomic E-state index is 12.0. The van der Waals surface area contributed by atoms with Crippen molar-refractivity contribution >= 4 is 11.7 Å². The highest BCUT2D eigenvalue weighted by Gasteiger charge is 2.41. The predicted octanol–water partition coefficient (Wildman–Crippen LogP) is 2.38. The fourth-order valence-electron chi connectivity index (χ4n) is 2.55. The first-order valence-electron chi connectivity index (χ1n) is 6.19. The molecule has 0 fully saturated rings. The number of fused-ring (bicyclic) bond motifs is 1. The molecule has 0 saturated carbocycles. The molecule has 18 heavy (non-hydrogen) atoms. The minimum atomic E-state index is -0.603. The minimum absolute atomic E-state index is 0.196. The Bertz CT molecular complexity index is 458. The van der Waals surface area contributed by atoms with E-state index < -0.39 is 5.54 Å². The van der Waals surface area contributed by atoms with Crippen molar-refractivity contribution in [3.63, 3.8) is 0 Å². The van der Waals surface area contributed by atoms with Crippen LogP contribution in [0.4, 0.5) is 5.69 Å². The zero-order valence-electron chi connectivity index (χ0n) is 11.1. The first kappa shape index (κ1) is 12.7. The van der Waals surface area contributed by atoms with Crippen molar-refractivity contribution in [1.29, 1.82) is 0 Å². The van der Waals surface area contributed by atoms with Gasteiger partial charge in [0.15, 0.2) is 0 Å². The molecule has 1 aromatic rings. The van der Waals surface area contributed by atoms with Crippen LogP contribution in [0.2, 0.25) is 0 Å². The van der Waals surface area contributed by atoms with Gasteiger partial charge in [-0.1, -0.05) is 13.0 Å². The summed E-state index contributed by atoms with van der Waals surface area (Å²) in [4.78, 5) is 12.0. The van der Waals surface area contributed by atoms with E-state index in [1.807, 2.05) is 25.1 Å². The van der Waals surface area contributed by atoms with Gasteiger partial charge in [-0.15, -0.1) is 0 Å². The SMILES string of the molecule is CCC1(C(=O)OC)CCc2c(cccc2OC)N1. The lowest BCUT2D eigenvalue weighted by Crippen LogP contribution is -2.49. The van der Waals surface area contributed by atoms with Gasteiger partial charge in [0.2, 0.25) is 0 Å². The third kappa shape index (κ3) is 1.92. The highest BCUT2D eigenvalue weighted by Crippen LogP contribution is 2.38. The number of esters is 1. The summed E-state index contributed by atoms with van der Waals surface area (Å²) >= 11 is 0. The number of benzene rings is 1.